The van der Waals surface area contributed by atoms with Crippen LogP contribution in [0.3, 0.4) is 0 Å². The molecule has 0 aliphatic rings. The number of phenolic OH excluding ortho intramolecular Hbond substituents is 1. The van der Waals surface area contributed by atoms with Gasteiger partial charge in [-0.3, -0.25) is 0 Å². The first-order chi connectivity index (χ1) is 6.26. The Balaban J connectivity index is 0.000000424. The van der Waals surface area contributed by atoms with Crippen molar-refractivity contribution in [3.05, 3.63) is 24.3 Å². The Morgan fingerprint density at radius 2 is 1.92 bits per heavy atom. The van der Waals surface area contributed by atoms with Gasteiger partial charge in [-0.25, -0.2) is 0 Å². The maximum Gasteiger partial charge on any atom is 0.292 e. The normalized spacial score (nSPS) is 7.77. The number of phenols is 1. The minimum atomic E-state index is -0.0240. The smallest absolute Gasteiger partial charge is 0.292 e. The van der Waals surface area contributed by atoms with Crippen molar-refractivity contribution in [3.63, 3.8) is 0 Å². The van der Waals surface area contributed by atoms with Crippen LogP contribution in [0.2, 0.25) is 0 Å². The quantitative estimate of drug-likeness (QED) is 0.674. The van der Waals surface area contributed by atoms with Gasteiger partial charge in [0.15, 0.2) is 11.5 Å². The van der Waals surface area contributed by atoms with E-state index in [1.807, 2.05) is 0 Å². The van der Waals surface area contributed by atoms with E-state index in [1.165, 1.54) is 24.8 Å². The van der Waals surface area contributed by atoms with E-state index in [0.717, 1.165) is 0 Å². The maximum absolute atomic E-state index is 8.97. The first-order valence-electron chi connectivity index (χ1n) is 4.10. The lowest BCUT2D eigenvalue weighted by molar-refractivity contribution is 0.421. The number of hydrogen-bond donors (Lipinski definition) is 1. The molecule has 0 heterocycles. The number of hydrogen-bond acceptors (Lipinski definition) is 3. The molecule has 0 spiro atoms. The van der Waals surface area contributed by atoms with E-state index in [9.17, 15) is 0 Å². The second kappa shape index (κ2) is 6.99. The summed E-state index contributed by atoms with van der Waals surface area (Å²) in [7, 11) is 0. The van der Waals surface area contributed by atoms with Gasteiger partial charge in [0.2, 0.25) is 0 Å². The number of rotatable bonds is 1. The average molecular weight is 179 g/mol. The summed E-state index contributed by atoms with van der Waals surface area (Å²) in [6.07, 6.45) is 2.71. The Morgan fingerprint density at radius 3 is 2.38 bits per heavy atom. The molecule has 0 bridgehead atoms. The highest BCUT2D eigenvalue weighted by molar-refractivity contribution is 5.38. The summed E-state index contributed by atoms with van der Waals surface area (Å²) in [6, 6.07) is 6.29. The highest BCUT2D eigenvalue weighted by Crippen LogP contribution is 2.23. The summed E-state index contributed by atoms with van der Waals surface area (Å²) in [5.74, 6) is 0.161. The predicted octanol–water partition coefficient (Wildman–Crippen LogP) is 2.67. The molecule has 1 N–H and O–H groups in total. The van der Waals surface area contributed by atoms with Crippen molar-refractivity contribution in [3.8, 4) is 17.8 Å². The number of para-hydroxylation sites is 2. The van der Waals surface area contributed by atoms with Crippen molar-refractivity contribution in [1.82, 2.24) is 0 Å². The van der Waals surface area contributed by atoms with Crippen LogP contribution in [-0.2, 0) is 0 Å². The van der Waals surface area contributed by atoms with E-state index >= 15 is 0 Å². The minimum Gasteiger partial charge on any atom is -0.504 e. The van der Waals surface area contributed by atoms with Gasteiger partial charge in [0.05, 0.1) is 0 Å². The van der Waals surface area contributed by atoms with E-state index in [0.29, 0.717) is 0 Å². The highest BCUT2D eigenvalue weighted by Gasteiger charge is 1.97. The summed E-state index contributed by atoms with van der Waals surface area (Å²) in [6.45, 7) is 4.25. The van der Waals surface area contributed by atoms with Crippen molar-refractivity contribution in [2.24, 2.45) is 0 Å². The second-order valence-electron chi connectivity index (χ2n) is 2.37. The lowest BCUT2D eigenvalue weighted by atomic mass is 10.3. The van der Waals surface area contributed by atoms with Crippen LogP contribution in [0, 0.1) is 11.5 Å². The molecule has 0 radical (unpaired) electrons. The van der Waals surface area contributed by atoms with Crippen molar-refractivity contribution in [2.45, 2.75) is 20.3 Å². The van der Waals surface area contributed by atoms with Gasteiger partial charge in [-0.2, -0.15) is 0 Å². The fraction of sp³-hybridized carbons (Fsp3) is 0.300. The Kier molecular flexibility index (Phi) is 6.08. The summed E-state index contributed by atoms with van der Waals surface area (Å²) < 4.78 is 4.39. The largest absolute Gasteiger partial charge is 0.504 e. The zero-order valence-corrected chi connectivity index (χ0v) is 7.82. The zero-order valence-electron chi connectivity index (χ0n) is 7.82. The van der Waals surface area contributed by atoms with Crippen molar-refractivity contribution < 1.29 is 9.84 Å². The van der Waals surface area contributed by atoms with Crippen LogP contribution >= 0.6 is 0 Å². The standard InChI is InChI=1S/C7H5NO2.C3H8/c8-5-10-7-4-2-1-3-6(7)9;1-3-2/h1-4,9H;3H2,1-2H3. The zero-order chi connectivity index (χ0) is 10.1. The van der Waals surface area contributed by atoms with Gasteiger partial charge in [-0.05, 0) is 12.1 Å². The topological polar surface area (TPSA) is 53.2 Å². The van der Waals surface area contributed by atoms with Crippen LogP contribution in [0.25, 0.3) is 0 Å². The van der Waals surface area contributed by atoms with E-state index in [1.54, 1.807) is 12.1 Å². The molecule has 1 aromatic carbocycles. The van der Waals surface area contributed by atoms with Gasteiger partial charge >= 0.3 is 0 Å². The maximum atomic E-state index is 8.97. The van der Waals surface area contributed by atoms with E-state index in [4.69, 9.17) is 10.4 Å². The Morgan fingerprint density at radius 1 is 1.38 bits per heavy atom. The van der Waals surface area contributed by atoms with Crippen LogP contribution < -0.4 is 4.74 Å². The van der Waals surface area contributed by atoms with Gasteiger partial charge < -0.3 is 9.84 Å². The van der Waals surface area contributed by atoms with E-state index in [2.05, 4.69) is 18.6 Å². The van der Waals surface area contributed by atoms with Crippen LogP contribution in [0.5, 0.6) is 11.5 Å². The van der Waals surface area contributed by atoms with Gasteiger partial charge in [-0.1, -0.05) is 32.4 Å². The summed E-state index contributed by atoms with van der Waals surface area (Å²) in [4.78, 5) is 0. The molecular weight excluding hydrogens is 166 g/mol. The number of ether oxygens (including phenoxy) is 1. The molecular formula is C10H13NO2. The molecule has 0 aromatic heterocycles. The first-order valence-corrected chi connectivity index (χ1v) is 4.10. The molecule has 0 aliphatic carbocycles. The molecule has 0 amide bonds. The summed E-state index contributed by atoms with van der Waals surface area (Å²) in [5.41, 5.74) is 0. The lowest BCUT2D eigenvalue weighted by Gasteiger charge is -1.96. The molecule has 0 fully saturated rings. The number of benzene rings is 1. The van der Waals surface area contributed by atoms with Crippen molar-refractivity contribution in [2.75, 3.05) is 0 Å². The Bertz CT molecular complexity index is 278. The fourth-order valence-electron chi connectivity index (χ4n) is 0.593. The number of aromatic hydroxyl groups is 1. The van der Waals surface area contributed by atoms with Crippen molar-refractivity contribution in [1.29, 1.82) is 5.26 Å². The van der Waals surface area contributed by atoms with Gasteiger partial charge in [0.1, 0.15) is 0 Å². The molecule has 0 atom stereocenters. The van der Waals surface area contributed by atoms with E-state index in [-0.39, 0.29) is 11.5 Å². The number of nitrogens with zero attached hydrogens (tertiary/aromatic N) is 1. The predicted molar refractivity (Wildman–Crippen MR) is 50.3 cm³/mol. The second-order valence-corrected chi connectivity index (χ2v) is 2.37. The Hall–Kier alpha value is -1.69. The highest BCUT2D eigenvalue weighted by atomic mass is 16.5. The molecule has 3 nitrogen and oxygen atoms in total. The first kappa shape index (κ1) is 11.3. The third-order valence-corrected chi connectivity index (χ3v) is 1.02. The molecule has 1 rings (SSSR count). The molecule has 13 heavy (non-hydrogen) atoms. The lowest BCUT2D eigenvalue weighted by Crippen LogP contribution is -1.80. The molecule has 70 valence electrons. The molecule has 0 aliphatic heterocycles. The van der Waals surface area contributed by atoms with Gasteiger partial charge in [0.25, 0.3) is 6.26 Å². The SMILES string of the molecule is CCC.N#COc1ccccc1O. The van der Waals surface area contributed by atoms with Crippen LogP contribution in [0.15, 0.2) is 24.3 Å². The minimum absolute atomic E-state index is 0.0240. The fourth-order valence-corrected chi connectivity index (χ4v) is 0.593. The van der Waals surface area contributed by atoms with Crippen LogP contribution in [-0.4, -0.2) is 5.11 Å². The van der Waals surface area contributed by atoms with E-state index < -0.39 is 0 Å². The summed E-state index contributed by atoms with van der Waals surface area (Å²) >= 11 is 0. The molecule has 3 heteroatoms. The van der Waals surface area contributed by atoms with Crippen LogP contribution in [0.1, 0.15) is 20.3 Å². The monoisotopic (exact) mass is 179 g/mol. The Labute approximate surface area is 78.2 Å². The van der Waals surface area contributed by atoms with Gasteiger partial charge in [-0.15, -0.1) is 5.26 Å². The van der Waals surface area contributed by atoms with Crippen LogP contribution in [0.4, 0.5) is 0 Å². The number of nitriles is 1. The summed E-state index contributed by atoms with van der Waals surface area (Å²) in [5, 5.41) is 17.0. The molecule has 0 saturated heterocycles. The third kappa shape index (κ3) is 4.70. The average Bonchev–Trinajstić information content (AvgIpc) is 2.11. The third-order valence-electron chi connectivity index (χ3n) is 1.02. The van der Waals surface area contributed by atoms with Gasteiger partial charge in [0, 0.05) is 0 Å². The molecule has 0 saturated carbocycles. The van der Waals surface area contributed by atoms with Crippen molar-refractivity contribution >= 4 is 0 Å². The molecule has 0 unspecified atom stereocenters. The molecule has 1 aromatic rings.